The molecular formula is C29H45N3O7. The van der Waals surface area contributed by atoms with Crippen molar-refractivity contribution < 1.29 is 33.3 Å². The Bertz CT molecular complexity index is 959. The van der Waals surface area contributed by atoms with E-state index in [1.165, 1.54) is 13.0 Å². The highest BCUT2D eigenvalue weighted by Crippen LogP contribution is 2.43. The maximum atomic E-state index is 12.3. The second-order valence-corrected chi connectivity index (χ2v) is 11.1. The lowest BCUT2D eigenvalue weighted by molar-refractivity contribution is -0.143. The predicted octanol–water partition coefficient (Wildman–Crippen LogP) is 2.64. The van der Waals surface area contributed by atoms with E-state index in [4.69, 9.17) is 18.9 Å². The number of carbonyl (C=O) groups excluding carboxylic acids is 3. The molecule has 3 aliphatic rings. The summed E-state index contributed by atoms with van der Waals surface area (Å²) in [7, 11) is 1.66. The number of hydrogen-bond acceptors (Lipinski definition) is 8. The van der Waals surface area contributed by atoms with E-state index < -0.39 is 6.10 Å². The van der Waals surface area contributed by atoms with Crippen LogP contribution in [-0.2, 0) is 33.3 Å². The van der Waals surface area contributed by atoms with Crippen molar-refractivity contribution in [1.29, 1.82) is 0 Å². The molecule has 3 saturated heterocycles. The second kappa shape index (κ2) is 14.2. The van der Waals surface area contributed by atoms with Crippen LogP contribution in [0.3, 0.4) is 0 Å². The summed E-state index contributed by atoms with van der Waals surface area (Å²) >= 11 is 0. The van der Waals surface area contributed by atoms with Gasteiger partial charge in [0.2, 0.25) is 11.8 Å². The van der Waals surface area contributed by atoms with E-state index in [2.05, 4.69) is 48.2 Å². The summed E-state index contributed by atoms with van der Waals surface area (Å²) in [6.07, 6.45) is 11.9. The maximum Gasteiger partial charge on any atom is 0.303 e. The average Bonchev–Trinajstić information content (AvgIpc) is 3.59. The van der Waals surface area contributed by atoms with E-state index in [0.717, 1.165) is 37.9 Å². The van der Waals surface area contributed by atoms with Gasteiger partial charge in [-0.3, -0.25) is 19.8 Å². The molecule has 0 radical (unpaired) electrons. The van der Waals surface area contributed by atoms with Crippen LogP contribution in [0.15, 0.2) is 36.0 Å². The summed E-state index contributed by atoms with van der Waals surface area (Å²) < 4.78 is 23.2. The number of hydrazine groups is 1. The Balaban J connectivity index is 1.46. The van der Waals surface area contributed by atoms with Gasteiger partial charge in [-0.2, -0.15) is 0 Å². The third kappa shape index (κ3) is 10.2. The molecule has 0 saturated carbocycles. The van der Waals surface area contributed by atoms with Crippen LogP contribution in [0.25, 0.3) is 0 Å². The Labute approximate surface area is 231 Å². The van der Waals surface area contributed by atoms with Crippen molar-refractivity contribution in [2.24, 2.45) is 5.92 Å². The van der Waals surface area contributed by atoms with Crippen LogP contribution in [0.1, 0.15) is 66.7 Å². The molecule has 3 aliphatic heterocycles. The quantitative estimate of drug-likeness (QED) is 0.118. The molecule has 0 aromatic carbocycles. The summed E-state index contributed by atoms with van der Waals surface area (Å²) in [5.74, 6) is -0.442. The summed E-state index contributed by atoms with van der Waals surface area (Å²) in [6, 6.07) is -0.0917. The van der Waals surface area contributed by atoms with Gasteiger partial charge in [0.15, 0.2) is 0 Å². The van der Waals surface area contributed by atoms with Crippen molar-refractivity contribution >= 4 is 17.8 Å². The monoisotopic (exact) mass is 547 g/mol. The Kier molecular flexibility index (Phi) is 11.3. The van der Waals surface area contributed by atoms with E-state index in [-0.39, 0.29) is 59.8 Å². The zero-order chi connectivity index (χ0) is 28.6. The van der Waals surface area contributed by atoms with Crippen molar-refractivity contribution in [3.63, 3.8) is 0 Å². The molecule has 3 rings (SSSR count). The first-order chi connectivity index (χ1) is 18.5. The van der Waals surface area contributed by atoms with Crippen LogP contribution >= 0.6 is 0 Å². The summed E-state index contributed by atoms with van der Waals surface area (Å²) in [5, 5.41) is 3.01. The minimum atomic E-state index is -0.459. The number of amides is 2. The molecule has 8 atom stereocenters. The van der Waals surface area contributed by atoms with Gasteiger partial charge in [0.1, 0.15) is 6.10 Å². The summed E-state index contributed by atoms with van der Waals surface area (Å²) in [4.78, 5) is 35.3. The number of carbonyl (C=O) groups is 3. The van der Waals surface area contributed by atoms with Gasteiger partial charge in [0, 0.05) is 32.9 Å². The van der Waals surface area contributed by atoms with E-state index in [9.17, 15) is 14.4 Å². The molecule has 1 unspecified atom stereocenters. The lowest BCUT2D eigenvalue weighted by Gasteiger charge is -2.39. The number of rotatable bonds is 11. The van der Waals surface area contributed by atoms with E-state index in [0.29, 0.717) is 6.42 Å². The molecule has 0 aromatic rings. The largest absolute Gasteiger partial charge is 0.459 e. The predicted molar refractivity (Wildman–Crippen MR) is 146 cm³/mol. The molecule has 2 amide bonds. The summed E-state index contributed by atoms with van der Waals surface area (Å²) in [5.41, 5.74) is 6.23. The van der Waals surface area contributed by atoms with Crippen LogP contribution < -0.4 is 16.2 Å². The molecule has 39 heavy (non-hydrogen) atoms. The molecule has 0 aliphatic carbocycles. The molecule has 3 N–H and O–H groups in total. The van der Waals surface area contributed by atoms with Crippen LogP contribution in [0, 0.1) is 5.92 Å². The first kappa shape index (κ1) is 31.0. The fourth-order valence-corrected chi connectivity index (χ4v) is 5.27. The SMILES string of the molecule is CNNC(=O)CC1C[C@@]2(CO2)C[C@@H](/C=C/C(C)=C/C[C@@H]2O[C@H](C)[C@H](NC(=O)/C=C\[C@H](C)OC(C)=O)C[C@@H]2C)O1. The van der Waals surface area contributed by atoms with Crippen molar-refractivity contribution in [1.82, 2.24) is 16.2 Å². The van der Waals surface area contributed by atoms with Crippen LogP contribution in [0.4, 0.5) is 0 Å². The van der Waals surface area contributed by atoms with Crippen LogP contribution in [0.2, 0.25) is 0 Å². The molecular weight excluding hydrogens is 502 g/mol. The third-order valence-electron chi connectivity index (χ3n) is 7.43. The van der Waals surface area contributed by atoms with Crippen LogP contribution in [0.5, 0.6) is 0 Å². The minimum Gasteiger partial charge on any atom is -0.459 e. The van der Waals surface area contributed by atoms with Gasteiger partial charge in [-0.15, -0.1) is 0 Å². The van der Waals surface area contributed by atoms with E-state index in [1.54, 1.807) is 20.0 Å². The standard InChI is InChI=1S/C29H45N3O7/c1-18(7-10-23-15-29(17-36-29)16-24(39-23)14-28(35)32-30-6)8-11-26-19(2)13-25(21(4)38-26)31-27(34)12-9-20(3)37-22(5)33/h7-10,12,19-21,23-26,30H,11,13-17H2,1-6H3,(H,31,34)(H,32,35)/b10-7+,12-9-,18-8+/t19-,20-,21+,23+,24?,25+,26-,29+/m0/s1. The highest BCUT2D eigenvalue weighted by molar-refractivity contribution is 5.87. The molecule has 1 spiro atoms. The molecule has 0 aromatic heterocycles. The highest BCUT2D eigenvalue weighted by Gasteiger charge is 2.51. The topological polar surface area (TPSA) is 128 Å². The number of epoxide rings is 1. The molecule has 3 heterocycles. The molecule has 10 heteroatoms. The van der Waals surface area contributed by atoms with E-state index in [1.807, 2.05) is 6.92 Å². The van der Waals surface area contributed by atoms with Gasteiger partial charge in [0.05, 0.1) is 49.1 Å². The normalized spacial score (nSPS) is 33.7. The van der Waals surface area contributed by atoms with Gasteiger partial charge >= 0.3 is 5.97 Å². The Morgan fingerprint density at radius 3 is 2.54 bits per heavy atom. The van der Waals surface area contributed by atoms with Crippen molar-refractivity contribution in [2.45, 2.75) is 109 Å². The van der Waals surface area contributed by atoms with Crippen molar-refractivity contribution in [2.75, 3.05) is 13.7 Å². The molecule has 3 fully saturated rings. The summed E-state index contributed by atoms with van der Waals surface area (Å²) in [6.45, 7) is 9.95. The maximum absolute atomic E-state index is 12.3. The Hall–Kier alpha value is -2.53. The zero-order valence-corrected chi connectivity index (χ0v) is 24.0. The first-order valence-electron chi connectivity index (χ1n) is 13.9. The fourth-order valence-electron chi connectivity index (χ4n) is 5.27. The van der Waals surface area contributed by atoms with Crippen LogP contribution in [-0.4, -0.2) is 73.6 Å². The van der Waals surface area contributed by atoms with Gasteiger partial charge in [-0.25, -0.2) is 5.43 Å². The highest BCUT2D eigenvalue weighted by atomic mass is 16.6. The second-order valence-electron chi connectivity index (χ2n) is 11.1. The lowest BCUT2D eigenvalue weighted by atomic mass is 9.88. The van der Waals surface area contributed by atoms with E-state index >= 15 is 0 Å². The lowest BCUT2D eigenvalue weighted by Crippen LogP contribution is -2.50. The average molecular weight is 548 g/mol. The number of ether oxygens (including phenoxy) is 4. The third-order valence-corrected chi connectivity index (χ3v) is 7.43. The van der Waals surface area contributed by atoms with Crippen molar-refractivity contribution in [3.8, 4) is 0 Å². The molecule has 218 valence electrons. The number of hydrogen-bond donors (Lipinski definition) is 3. The molecule has 0 bridgehead atoms. The van der Waals surface area contributed by atoms with Gasteiger partial charge in [-0.1, -0.05) is 30.7 Å². The first-order valence-corrected chi connectivity index (χ1v) is 13.9. The Morgan fingerprint density at radius 1 is 1.13 bits per heavy atom. The Morgan fingerprint density at radius 2 is 1.87 bits per heavy atom. The van der Waals surface area contributed by atoms with Gasteiger partial charge in [-0.05, 0) is 45.6 Å². The smallest absolute Gasteiger partial charge is 0.303 e. The number of nitrogens with one attached hydrogen (secondary N) is 3. The van der Waals surface area contributed by atoms with Gasteiger partial charge < -0.3 is 24.3 Å². The molecule has 10 nitrogen and oxygen atoms in total. The number of allylic oxidation sites excluding steroid dienone is 2. The fraction of sp³-hybridized carbons (Fsp3) is 0.690. The van der Waals surface area contributed by atoms with Crippen molar-refractivity contribution in [3.05, 3.63) is 36.0 Å². The van der Waals surface area contributed by atoms with Gasteiger partial charge in [0.25, 0.3) is 0 Å². The number of esters is 1. The zero-order valence-electron chi connectivity index (χ0n) is 24.0. The minimum absolute atomic E-state index is 0.0557.